The molecule has 2 nitrogen and oxygen atoms in total. The van der Waals surface area contributed by atoms with E-state index in [1.165, 1.54) is 40.1 Å². The number of hydrogen-bond donors (Lipinski definition) is 1. The molecule has 0 bridgehead atoms. The summed E-state index contributed by atoms with van der Waals surface area (Å²) in [4.78, 5) is 2.42. The van der Waals surface area contributed by atoms with Gasteiger partial charge in [0, 0.05) is 35.5 Å². The second-order valence-corrected chi connectivity index (χ2v) is 7.08. The smallest absolute Gasteiger partial charge is 0.0385 e. The van der Waals surface area contributed by atoms with E-state index >= 15 is 0 Å². The molecule has 1 N–H and O–H groups in total. The molecule has 0 amide bonds. The molecule has 1 unspecified atom stereocenters. The Morgan fingerprint density at radius 3 is 2.95 bits per heavy atom. The molecule has 2 rings (SSSR count). The second-order valence-electron chi connectivity index (χ2n) is 5.08. The zero-order chi connectivity index (χ0) is 13.7. The number of benzene rings is 1. The first-order valence-electron chi connectivity index (χ1n) is 7.02. The summed E-state index contributed by atoms with van der Waals surface area (Å²) in [5.74, 6) is 2.56. The minimum atomic E-state index is 0.695. The molecule has 0 aliphatic carbocycles. The summed E-state index contributed by atoms with van der Waals surface area (Å²) < 4.78 is 1.21. The molecule has 0 radical (unpaired) electrons. The lowest BCUT2D eigenvalue weighted by Crippen LogP contribution is -2.31. The molecule has 1 fully saturated rings. The molecular weight excluding hydrogens is 320 g/mol. The second kappa shape index (κ2) is 7.55. The molecule has 4 heteroatoms. The Labute approximate surface area is 129 Å². The van der Waals surface area contributed by atoms with Crippen molar-refractivity contribution in [3.8, 4) is 0 Å². The standard InChI is InChI=1S/C15H23BrN2S/c1-3-7-17-10-12-4-5-13(9-15(12)16)18(2)14-6-8-19-11-14/h4-5,9,14,17H,3,6-8,10-11H2,1-2H3. The van der Waals surface area contributed by atoms with Crippen molar-refractivity contribution in [3.05, 3.63) is 28.2 Å². The zero-order valence-electron chi connectivity index (χ0n) is 11.8. The normalized spacial score (nSPS) is 18.8. The van der Waals surface area contributed by atoms with Crippen LogP contribution in [0.15, 0.2) is 22.7 Å². The van der Waals surface area contributed by atoms with E-state index in [1.54, 1.807) is 0 Å². The van der Waals surface area contributed by atoms with Gasteiger partial charge >= 0.3 is 0 Å². The number of nitrogens with zero attached hydrogens (tertiary/aromatic N) is 1. The van der Waals surface area contributed by atoms with Gasteiger partial charge in [-0.1, -0.05) is 28.9 Å². The Balaban J connectivity index is 2.00. The van der Waals surface area contributed by atoms with Gasteiger partial charge in [-0.3, -0.25) is 0 Å². The molecule has 1 aliphatic rings. The van der Waals surface area contributed by atoms with Crippen molar-refractivity contribution in [2.75, 3.05) is 30.0 Å². The Morgan fingerprint density at radius 1 is 1.47 bits per heavy atom. The van der Waals surface area contributed by atoms with Crippen LogP contribution in [0.5, 0.6) is 0 Å². The van der Waals surface area contributed by atoms with Crippen LogP contribution >= 0.6 is 27.7 Å². The van der Waals surface area contributed by atoms with Gasteiger partial charge in [0.15, 0.2) is 0 Å². The first-order chi connectivity index (χ1) is 9.22. The van der Waals surface area contributed by atoms with Crippen molar-refractivity contribution in [2.45, 2.75) is 32.4 Å². The van der Waals surface area contributed by atoms with Gasteiger partial charge < -0.3 is 10.2 Å². The molecule has 19 heavy (non-hydrogen) atoms. The topological polar surface area (TPSA) is 15.3 Å². The van der Waals surface area contributed by atoms with Gasteiger partial charge in [-0.05, 0) is 42.8 Å². The average Bonchev–Trinajstić information content (AvgIpc) is 2.94. The van der Waals surface area contributed by atoms with Crippen LogP contribution in [0, 0.1) is 0 Å². The lowest BCUT2D eigenvalue weighted by Gasteiger charge is -2.26. The average molecular weight is 343 g/mol. The summed E-state index contributed by atoms with van der Waals surface area (Å²) in [6.45, 7) is 4.21. The van der Waals surface area contributed by atoms with Crippen LogP contribution in [0.25, 0.3) is 0 Å². The van der Waals surface area contributed by atoms with E-state index in [4.69, 9.17) is 0 Å². The summed E-state index contributed by atoms with van der Waals surface area (Å²) in [5, 5.41) is 3.45. The van der Waals surface area contributed by atoms with Gasteiger partial charge in [-0.25, -0.2) is 0 Å². The van der Waals surface area contributed by atoms with Crippen molar-refractivity contribution in [3.63, 3.8) is 0 Å². The number of hydrogen-bond acceptors (Lipinski definition) is 3. The van der Waals surface area contributed by atoms with Crippen LogP contribution in [-0.2, 0) is 6.54 Å². The van der Waals surface area contributed by atoms with E-state index in [0.717, 1.165) is 13.1 Å². The number of anilines is 1. The maximum Gasteiger partial charge on any atom is 0.0385 e. The van der Waals surface area contributed by atoms with Gasteiger partial charge in [-0.2, -0.15) is 11.8 Å². The monoisotopic (exact) mass is 342 g/mol. The maximum absolute atomic E-state index is 3.70. The van der Waals surface area contributed by atoms with Crippen LogP contribution in [0.4, 0.5) is 5.69 Å². The number of nitrogens with one attached hydrogen (secondary N) is 1. The summed E-state index contributed by atoms with van der Waals surface area (Å²) >= 11 is 5.77. The number of halogens is 1. The molecular formula is C15H23BrN2S. The van der Waals surface area contributed by atoms with Crippen molar-refractivity contribution < 1.29 is 0 Å². The molecule has 0 aromatic heterocycles. The number of thioether (sulfide) groups is 1. The Hall–Kier alpha value is -0.190. The highest BCUT2D eigenvalue weighted by Gasteiger charge is 2.20. The molecule has 0 spiro atoms. The molecule has 1 aromatic rings. The van der Waals surface area contributed by atoms with Gasteiger partial charge in [0.05, 0.1) is 0 Å². The highest BCUT2D eigenvalue weighted by Crippen LogP contribution is 2.29. The highest BCUT2D eigenvalue weighted by molar-refractivity contribution is 9.10. The summed E-state index contributed by atoms with van der Waals surface area (Å²) in [5.41, 5.74) is 2.66. The SMILES string of the molecule is CCCNCc1ccc(N(C)C2CCSC2)cc1Br. The molecule has 1 aliphatic heterocycles. The Morgan fingerprint density at radius 2 is 2.32 bits per heavy atom. The third kappa shape index (κ3) is 4.14. The van der Waals surface area contributed by atoms with Crippen molar-refractivity contribution in [1.29, 1.82) is 0 Å². The van der Waals surface area contributed by atoms with Crippen LogP contribution in [0.3, 0.4) is 0 Å². The van der Waals surface area contributed by atoms with E-state index in [-0.39, 0.29) is 0 Å². The minimum Gasteiger partial charge on any atom is -0.371 e. The predicted octanol–water partition coefficient (Wildman–Crippen LogP) is 3.89. The molecule has 1 aromatic carbocycles. The van der Waals surface area contributed by atoms with Gasteiger partial charge in [0.2, 0.25) is 0 Å². The largest absolute Gasteiger partial charge is 0.371 e. The lowest BCUT2D eigenvalue weighted by atomic mass is 10.1. The lowest BCUT2D eigenvalue weighted by molar-refractivity contribution is 0.673. The fraction of sp³-hybridized carbons (Fsp3) is 0.600. The fourth-order valence-electron chi connectivity index (χ4n) is 2.34. The van der Waals surface area contributed by atoms with E-state index in [2.05, 4.69) is 70.1 Å². The van der Waals surface area contributed by atoms with Gasteiger partial charge in [-0.15, -0.1) is 0 Å². The number of rotatable bonds is 6. The zero-order valence-corrected chi connectivity index (χ0v) is 14.2. The Bertz CT molecular complexity index is 405. The van der Waals surface area contributed by atoms with Crippen LogP contribution < -0.4 is 10.2 Å². The van der Waals surface area contributed by atoms with E-state index in [0.29, 0.717) is 6.04 Å². The predicted molar refractivity (Wildman–Crippen MR) is 90.3 cm³/mol. The van der Waals surface area contributed by atoms with Gasteiger partial charge in [0.25, 0.3) is 0 Å². The first kappa shape index (κ1) is 15.2. The van der Waals surface area contributed by atoms with Crippen LogP contribution in [0.2, 0.25) is 0 Å². The Kier molecular flexibility index (Phi) is 6.05. The molecule has 1 atom stereocenters. The van der Waals surface area contributed by atoms with Crippen molar-refractivity contribution >= 4 is 33.4 Å². The highest BCUT2D eigenvalue weighted by atomic mass is 79.9. The maximum atomic E-state index is 3.70. The summed E-state index contributed by atoms with van der Waals surface area (Å²) in [6.07, 6.45) is 2.48. The van der Waals surface area contributed by atoms with Crippen LogP contribution in [-0.4, -0.2) is 31.1 Å². The third-order valence-electron chi connectivity index (χ3n) is 3.64. The van der Waals surface area contributed by atoms with E-state index in [9.17, 15) is 0 Å². The third-order valence-corrected chi connectivity index (χ3v) is 5.52. The quantitative estimate of drug-likeness (QED) is 0.789. The van der Waals surface area contributed by atoms with Gasteiger partial charge in [0.1, 0.15) is 0 Å². The van der Waals surface area contributed by atoms with E-state index < -0.39 is 0 Å². The van der Waals surface area contributed by atoms with Crippen LogP contribution in [0.1, 0.15) is 25.3 Å². The van der Waals surface area contributed by atoms with E-state index in [1.807, 2.05) is 0 Å². The molecule has 1 heterocycles. The summed E-state index contributed by atoms with van der Waals surface area (Å²) in [6, 6.07) is 7.43. The molecule has 106 valence electrons. The fourth-order valence-corrected chi connectivity index (χ4v) is 4.11. The van der Waals surface area contributed by atoms with Crippen molar-refractivity contribution in [1.82, 2.24) is 5.32 Å². The van der Waals surface area contributed by atoms with Crippen molar-refractivity contribution in [2.24, 2.45) is 0 Å². The first-order valence-corrected chi connectivity index (χ1v) is 8.97. The molecule has 0 saturated carbocycles. The summed E-state index contributed by atoms with van der Waals surface area (Å²) in [7, 11) is 2.22. The molecule has 1 saturated heterocycles. The minimum absolute atomic E-state index is 0.695.